The molecule has 0 unspecified atom stereocenters. The minimum Gasteiger partial charge on any atom is -0.480 e. The molecule has 2 aromatic carbocycles. The monoisotopic (exact) mass is 647 g/mol. The van der Waals surface area contributed by atoms with Crippen LogP contribution in [-0.4, -0.2) is 86.7 Å². The third-order valence-electron chi connectivity index (χ3n) is 8.50. The topological polar surface area (TPSA) is 112 Å². The van der Waals surface area contributed by atoms with Gasteiger partial charge in [0.1, 0.15) is 11.4 Å². The predicted octanol–water partition coefficient (Wildman–Crippen LogP) is 4.78. The Hall–Kier alpha value is -3.44. The number of Topliss-reactive ketones (excluding diaryl/α,β-unsaturated/α-hetero) is 1. The van der Waals surface area contributed by atoms with Crippen LogP contribution < -0.4 is 4.74 Å². The number of carbonyl (C=O) groups is 1. The number of likely N-dealkylation sites (tertiary alicyclic amines) is 1. The second kappa shape index (κ2) is 13.5. The summed E-state index contributed by atoms with van der Waals surface area (Å²) in [5.74, 6) is 0.287. The number of aryl methyl sites for hydroxylation is 1. The summed E-state index contributed by atoms with van der Waals surface area (Å²) in [6.45, 7) is 5.90. The number of carbonyl (C=O) groups excluding carboxylic acids is 1. The third-order valence-corrected chi connectivity index (χ3v) is 9.35. The summed E-state index contributed by atoms with van der Waals surface area (Å²) in [7, 11) is 1.56. The van der Waals surface area contributed by atoms with Crippen molar-refractivity contribution in [2.45, 2.75) is 39.0 Å². The number of fused-ring (bicyclic) bond motifs is 1. The first-order valence-electron chi connectivity index (χ1n) is 15.0. The third kappa shape index (κ3) is 6.60. The van der Waals surface area contributed by atoms with Crippen LogP contribution in [0.1, 0.15) is 38.6 Å². The van der Waals surface area contributed by atoms with Gasteiger partial charge < -0.3 is 14.9 Å². The maximum absolute atomic E-state index is 13.5. The highest BCUT2D eigenvalue weighted by Crippen LogP contribution is 2.40. The quantitative estimate of drug-likeness (QED) is 0.235. The van der Waals surface area contributed by atoms with Crippen LogP contribution in [0.5, 0.6) is 5.88 Å². The molecule has 0 bridgehead atoms. The van der Waals surface area contributed by atoms with E-state index in [1.165, 1.54) is 5.56 Å². The van der Waals surface area contributed by atoms with Crippen LogP contribution in [0, 0.1) is 6.92 Å². The number of ether oxygens (including phenoxy) is 1. The van der Waals surface area contributed by atoms with Gasteiger partial charge in [0.05, 0.1) is 47.5 Å². The molecule has 0 atom stereocenters. The number of rotatable bonds is 10. The summed E-state index contributed by atoms with van der Waals surface area (Å²) in [5.41, 5.74) is 7.57. The van der Waals surface area contributed by atoms with Crippen LogP contribution in [0.15, 0.2) is 48.7 Å². The smallest absolute Gasteiger partial charge is 0.237 e. The Balaban J connectivity index is 1.25. The van der Waals surface area contributed by atoms with E-state index in [4.69, 9.17) is 37.9 Å². The van der Waals surface area contributed by atoms with Crippen molar-refractivity contribution in [2.24, 2.45) is 0 Å². The molecular formula is C34H35Cl2N5O4. The standard InChI is InChI=1S/C34H35Cl2N5O4/c1-20-13-27(38-29-18-40(11-12-42)10-9-23(20)29)31(44)14-21-5-3-6-24(32(21)35)25-7-4-8-26(33(25)36)28-15-37-30(34(39-28)45-2)19-41-16-22(43)17-41/h3-8,13,15,22,42-43H,9-12,14,16-19H2,1-2H3. The molecule has 0 radical (unpaired) electrons. The number of aromatic nitrogens is 3. The zero-order valence-corrected chi connectivity index (χ0v) is 26.8. The normalized spacial score (nSPS) is 15.5. The first-order chi connectivity index (χ1) is 21.7. The van der Waals surface area contributed by atoms with Crippen molar-refractivity contribution in [2.75, 3.05) is 39.9 Å². The highest BCUT2D eigenvalue weighted by Gasteiger charge is 2.27. The molecule has 1 saturated heterocycles. The molecule has 2 N–H and O–H groups in total. The number of aliphatic hydroxyl groups excluding tert-OH is 2. The van der Waals surface area contributed by atoms with E-state index < -0.39 is 0 Å². The molecule has 1 fully saturated rings. The number of hydrogen-bond donors (Lipinski definition) is 2. The first-order valence-corrected chi connectivity index (χ1v) is 15.7. The van der Waals surface area contributed by atoms with Gasteiger partial charge in [-0.3, -0.25) is 19.6 Å². The van der Waals surface area contributed by atoms with E-state index in [0.717, 1.165) is 24.2 Å². The van der Waals surface area contributed by atoms with Gasteiger partial charge in [-0.15, -0.1) is 0 Å². The maximum Gasteiger partial charge on any atom is 0.237 e. The van der Waals surface area contributed by atoms with Gasteiger partial charge in [0, 0.05) is 62.4 Å². The second-order valence-electron chi connectivity index (χ2n) is 11.6. The summed E-state index contributed by atoms with van der Waals surface area (Å²) in [4.78, 5) is 31.8. The number of halogens is 2. The first kappa shape index (κ1) is 31.5. The Labute approximate surface area is 272 Å². The predicted molar refractivity (Wildman–Crippen MR) is 174 cm³/mol. The van der Waals surface area contributed by atoms with E-state index in [2.05, 4.69) is 14.8 Å². The highest BCUT2D eigenvalue weighted by atomic mass is 35.5. The molecule has 6 rings (SSSR count). The lowest BCUT2D eigenvalue weighted by Gasteiger charge is -2.35. The summed E-state index contributed by atoms with van der Waals surface area (Å²) in [5, 5.41) is 19.9. The molecule has 4 aromatic rings. The Morgan fingerprint density at radius 3 is 2.51 bits per heavy atom. The van der Waals surface area contributed by atoms with Crippen molar-refractivity contribution >= 4 is 29.0 Å². The van der Waals surface area contributed by atoms with Crippen molar-refractivity contribution in [3.05, 3.63) is 92.5 Å². The number of benzene rings is 2. The van der Waals surface area contributed by atoms with Gasteiger partial charge in [-0.25, -0.2) is 9.97 Å². The lowest BCUT2D eigenvalue weighted by atomic mass is 9.95. The van der Waals surface area contributed by atoms with Crippen molar-refractivity contribution in [1.29, 1.82) is 0 Å². The molecule has 0 amide bonds. The van der Waals surface area contributed by atoms with Gasteiger partial charge in [-0.1, -0.05) is 59.6 Å². The van der Waals surface area contributed by atoms with E-state index in [0.29, 0.717) is 88.0 Å². The van der Waals surface area contributed by atoms with Crippen LogP contribution in [0.3, 0.4) is 0 Å². The molecule has 4 heterocycles. The van der Waals surface area contributed by atoms with Crippen LogP contribution in [0.2, 0.25) is 10.0 Å². The lowest BCUT2D eigenvalue weighted by Crippen LogP contribution is -2.50. The van der Waals surface area contributed by atoms with Crippen molar-refractivity contribution in [3.8, 4) is 28.3 Å². The molecule has 2 aromatic heterocycles. The molecule has 11 heteroatoms. The molecule has 0 aliphatic carbocycles. The lowest BCUT2D eigenvalue weighted by molar-refractivity contribution is -0.00403. The molecule has 234 valence electrons. The number of methoxy groups -OCH3 is 1. The van der Waals surface area contributed by atoms with Gasteiger partial charge in [-0.2, -0.15) is 0 Å². The second-order valence-corrected chi connectivity index (χ2v) is 12.4. The highest BCUT2D eigenvalue weighted by molar-refractivity contribution is 6.38. The van der Waals surface area contributed by atoms with E-state index in [9.17, 15) is 15.0 Å². The average Bonchev–Trinajstić information content (AvgIpc) is 3.02. The molecule has 0 saturated carbocycles. The fourth-order valence-electron chi connectivity index (χ4n) is 6.08. The van der Waals surface area contributed by atoms with Crippen LogP contribution in [0.4, 0.5) is 0 Å². The number of ketones is 1. The van der Waals surface area contributed by atoms with Crippen LogP contribution in [0.25, 0.3) is 22.4 Å². The van der Waals surface area contributed by atoms with Crippen molar-refractivity contribution < 1.29 is 19.7 Å². The molecule has 45 heavy (non-hydrogen) atoms. The van der Waals surface area contributed by atoms with Gasteiger partial charge in [0.2, 0.25) is 5.88 Å². The SMILES string of the molecule is COc1nc(-c2cccc(-c3cccc(CC(=O)c4cc(C)c5c(n4)CN(CCO)CC5)c3Cl)c2Cl)cnc1CN1CC(O)C1. The van der Waals surface area contributed by atoms with Crippen LogP contribution >= 0.6 is 23.2 Å². The zero-order valence-electron chi connectivity index (χ0n) is 25.3. The van der Waals surface area contributed by atoms with E-state index in [1.807, 2.05) is 49.4 Å². The minimum absolute atomic E-state index is 0.0910. The van der Waals surface area contributed by atoms with E-state index in [-0.39, 0.29) is 24.9 Å². The van der Waals surface area contributed by atoms with E-state index in [1.54, 1.807) is 13.3 Å². The maximum atomic E-state index is 13.5. The molecule has 9 nitrogen and oxygen atoms in total. The fraction of sp³-hybridized carbons (Fsp3) is 0.353. The number of nitrogens with zero attached hydrogens (tertiary/aromatic N) is 5. The number of hydrogen-bond acceptors (Lipinski definition) is 9. The summed E-state index contributed by atoms with van der Waals surface area (Å²) in [6, 6.07) is 13.1. The van der Waals surface area contributed by atoms with Gasteiger partial charge >= 0.3 is 0 Å². The Morgan fingerprint density at radius 1 is 1.04 bits per heavy atom. The van der Waals surface area contributed by atoms with Gasteiger partial charge in [-0.05, 0) is 36.1 Å². The average molecular weight is 649 g/mol. The minimum atomic E-state index is -0.304. The summed E-state index contributed by atoms with van der Waals surface area (Å²) >= 11 is 14.0. The largest absolute Gasteiger partial charge is 0.480 e. The van der Waals surface area contributed by atoms with Gasteiger partial charge in [0.25, 0.3) is 0 Å². The number of β-amino-alcohol motifs (C(OH)–C–C–N with tert-alkyl or cyclic N) is 2. The molecular weight excluding hydrogens is 613 g/mol. The summed E-state index contributed by atoms with van der Waals surface area (Å²) in [6.07, 6.45) is 2.31. The molecule has 0 spiro atoms. The van der Waals surface area contributed by atoms with E-state index >= 15 is 0 Å². The zero-order chi connectivity index (χ0) is 31.7. The fourth-order valence-corrected chi connectivity index (χ4v) is 6.70. The Bertz CT molecular complexity index is 1740. The summed E-state index contributed by atoms with van der Waals surface area (Å²) < 4.78 is 5.54. The number of pyridine rings is 1. The van der Waals surface area contributed by atoms with Gasteiger partial charge in [0.15, 0.2) is 5.78 Å². The Morgan fingerprint density at radius 2 is 1.78 bits per heavy atom. The Kier molecular flexibility index (Phi) is 9.46. The molecule has 2 aliphatic rings. The molecule has 2 aliphatic heterocycles. The van der Waals surface area contributed by atoms with Crippen LogP contribution in [-0.2, 0) is 25.9 Å². The number of aliphatic hydroxyl groups is 2. The van der Waals surface area contributed by atoms with Crippen molar-refractivity contribution in [3.63, 3.8) is 0 Å². The van der Waals surface area contributed by atoms with Crippen molar-refractivity contribution in [1.82, 2.24) is 24.8 Å².